The normalized spacial score (nSPS) is 16.8. The highest BCUT2D eigenvalue weighted by Crippen LogP contribution is 2.31. The molecule has 0 bridgehead atoms. The highest BCUT2D eigenvalue weighted by atomic mass is 16.6. The van der Waals surface area contributed by atoms with Gasteiger partial charge in [0.2, 0.25) is 0 Å². The van der Waals surface area contributed by atoms with Crippen LogP contribution in [0.1, 0.15) is 32.1 Å². The molecule has 0 atom stereocenters. The maximum atomic E-state index is 12.1. The summed E-state index contributed by atoms with van der Waals surface area (Å²) >= 11 is 0. The van der Waals surface area contributed by atoms with Gasteiger partial charge in [0.25, 0.3) is 5.69 Å². The predicted octanol–water partition coefficient (Wildman–Crippen LogP) is 2.63. The lowest BCUT2D eigenvalue weighted by Gasteiger charge is -2.40. The third-order valence-electron chi connectivity index (χ3n) is 3.12. The maximum absolute atomic E-state index is 12.1. The Hall–Kier alpha value is -1.69. The van der Waals surface area contributed by atoms with Gasteiger partial charge in [-0.15, -0.1) is 0 Å². The van der Waals surface area contributed by atoms with Gasteiger partial charge in [-0.3, -0.25) is 15.1 Å². The van der Waals surface area contributed by atoms with Gasteiger partial charge in [0.05, 0.1) is 11.1 Å². The molecular formula is C11H14N3O3-. The summed E-state index contributed by atoms with van der Waals surface area (Å²) in [7, 11) is 0. The van der Waals surface area contributed by atoms with E-state index in [1.165, 1.54) is 18.5 Å². The van der Waals surface area contributed by atoms with E-state index in [1.807, 2.05) is 0 Å². The fourth-order valence-corrected chi connectivity index (χ4v) is 2.22. The van der Waals surface area contributed by atoms with E-state index in [4.69, 9.17) is 0 Å². The summed E-state index contributed by atoms with van der Waals surface area (Å²) in [5, 5.41) is 23.7. The largest absolute Gasteiger partial charge is 0.758 e. The second-order valence-electron chi connectivity index (χ2n) is 4.24. The number of anilines is 1. The number of pyridine rings is 1. The Kier molecular flexibility index (Phi) is 3.53. The molecule has 0 saturated heterocycles. The predicted molar refractivity (Wildman–Crippen MR) is 63.6 cm³/mol. The van der Waals surface area contributed by atoms with Gasteiger partial charge in [-0.1, -0.05) is 19.3 Å². The molecule has 1 aliphatic rings. The summed E-state index contributed by atoms with van der Waals surface area (Å²) < 4.78 is 0. The lowest BCUT2D eigenvalue weighted by atomic mass is 9.95. The SMILES string of the molecule is O=[N+]([O-])c1ccncc1N([O-])C1CCCCC1. The molecule has 0 amide bonds. The molecule has 1 aromatic rings. The molecule has 0 unspecified atom stereocenters. The lowest BCUT2D eigenvalue weighted by molar-refractivity contribution is -0.384. The first-order chi connectivity index (χ1) is 8.20. The highest BCUT2D eigenvalue weighted by molar-refractivity contribution is 5.62. The van der Waals surface area contributed by atoms with Crippen molar-refractivity contribution in [2.45, 2.75) is 38.1 Å². The molecule has 1 aliphatic carbocycles. The number of aromatic nitrogens is 1. The molecule has 6 nitrogen and oxygen atoms in total. The molecule has 6 heteroatoms. The number of hydroxylamine groups is 1. The minimum Gasteiger partial charge on any atom is -0.758 e. The van der Waals surface area contributed by atoms with Crippen LogP contribution in [-0.2, 0) is 0 Å². The number of rotatable bonds is 3. The molecule has 1 heterocycles. The zero-order valence-corrected chi connectivity index (χ0v) is 9.41. The first-order valence-electron chi connectivity index (χ1n) is 5.75. The molecule has 2 rings (SSSR count). The molecule has 92 valence electrons. The van der Waals surface area contributed by atoms with E-state index in [2.05, 4.69) is 4.98 Å². The van der Waals surface area contributed by atoms with Crippen LogP contribution in [0.15, 0.2) is 18.5 Å². The van der Waals surface area contributed by atoms with Crippen LogP contribution in [0.5, 0.6) is 0 Å². The van der Waals surface area contributed by atoms with E-state index in [0.717, 1.165) is 37.2 Å². The maximum Gasteiger partial charge on any atom is 0.294 e. The zero-order valence-electron chi connectivity index (χ0n) is 9.41. The third-order valence-corrected chi connectivity index (χ3v) is 3.12. The smallest absolute Gasteiger partial charge is 0.294 e. The first-order valence-corrected chi connectivity index (χ1v) is 5.75. The molecule has 1 saturated carbocycles. The highest BCUT2D eigenvalue weighted by Gasteiger charge is 2.21. The van der Waals surface area contributed by atoms with Crippen molar-refractivity contribution in [1.29, 1.82) is 0 Å². The van der Waals surface area contributed by atoms with Crippen LogP contribution in [-0.4, -0.2) is 15.9 Å². The standard InChI is InChI=1S/C11H14N3O3/c15-13(9-4-2-1-3-5-9)11-8-12-7-6-10(11)14(16)17/h6-9H,1-5H2/q-1. The fraction of sp³-hybridized carbons (Fsp3) is 0.545. The monoisotopic (exact) mass is 236 g/mol. The average Bonchev–Trinajstić information content (AvgIpc) is 2.39. The van der Waals surface area contributed by atoms with Gasteiger partial charge in [0.1, 0.15) is 5.69 Å². The molecule has 1 fully saturated rings. The number of hydrogen-bond donors (Lipinski definition) is 0. The van der Waals surface area contributed by atoms with Crippen molar-refractivity contribution in [3.05, 3.63) is 33.8 Å². The summed E-state index contributed by atoms with van der Waals surface area (Å²) in [6.07, 6.45) is 7.37. The summed E-state index contributed by atoms with van der Waals surface area (Å²) in [4.78, 5) is 14.1. The van der Waals surface area contributed by atoms with E-state index in [-0.39, 0.29) is 17.4 Å². The van der Waals surface area contributed by atoms with Crippen LogP contribution in [0, 0.1) is 15.3 Å². The zero-order chi connectivity index (χ0) is 12.3. The Morgan fingerprint density at radius 3 is 2.71 bits per heavy atom. The summed E-state index contributed by atoms with van der Waals surface area (Å²) in [6.45, 7) is 0. The van der Waals surface area contributed by atoms with E-state index in [1.54, 1.807) is 0 Å². The minimum atomic E-state index is -0.537. The van der Waals surface area contributed by atoms with E-state index in [9.17, 15) is 15.3 Å². The van der Waals surface area contributed by atoms with E-state index >= 15 is 0 Å². The Bertz CT molecular complexity index is 405. The first kappa shape index (κ1) is 11.8. The number of nitro groups is 1. The van der Waals surface area contributed by atoms with Crippen LogP contribution in [0.25, 0.3) is 0 Å². The number of nitrogens with zero attached hydrogens (tertiary/aromatic N) is 3. The van der Waals surface area contributed by atoms with Crippen LogP contribution in [0.2, 0.25) is 0 Å². The molecule has 0 N–H and O–H groups in total. The second kappa shape index (κ2) is 5.09. The molecule has 0 radical (unpaired) electrons. The summed E-state index contributed by atoms with van der Waals surface area (Å²) in [5.74, 6) is 0. The van der Waals surface area contributed by atoms with Gasteiger partial charge in [0.15, 0.2) is 0 Å². The second-order valence-corrected chi connectivity index (χ2v) is 4.24. The summed E-state index contributed by atoms with van der Waals surface area (Å²) in [5.41, 5.74) is -0.0926. The third kappa shape index (κ3) is 2.52. The molecule has 0 aliphatic heterocycles. The van der Waals surface area contributed by atoms with Crippen molar-refractivity contribution in [2.24, 2.45) is 0 Å². The van der Waals surface area contributed by atoms with Gasteiger partial charge in [-0.25, -0.2) is 0 Å². The molecule has 0 spiro atoms. The molecule has 0 aromatic carbocycles. The van der Waals surface area contributed by atoms with Gasteiger partial charge in [0, 0.05) is 18.3 Å². The summed E-state index contributed by atoms with van der Waals surface area (Å²) in [6, 6.07) is 1.12. The Morgan fingerprint density at radius 2 is 2.06 bits per heavy atom. The van der Waals surface area contributed by atoms with Crippen molar-refractivity contribution in [2.75, 3.05) is 5.06 Å². The molecule has 17 heavy (non-hydrogen) atoms. The quantitative estimate of drug-likeness (QED) is 0.595. The van der Waals surface area contributed by atoms with Gasteiger partial charge < -0.3 is 10.3 Å². The topological polar surface area (TPSA) is 82.3 Å². The van der Waals surface area contributed by atoms with Gasteiger partial charge in [-0.2, -0.15) is 0 Å². The van der Waals surface area contributed by atoms with Crippen molar-refractivity contribution < 1.29 is 4.92 Å². The Balaban J connectivity index is 2.23. The van der Waals surface area contributed by atoms with Crippen LogP contribution in [0.4, 0.5) is 11.4 Å². The molecular weight excluding hydrogens is 222 g/mol. The van der Waals surface area contributed by atoms with Crippen LogP contribution in [0.3, 0.4) is 0 Å². The van der Waals surface area contributed by atoms with Crippen LogP contribution < -0.4 is 5.06 Å². The Morgan fingerprint density at radius 1 is 1.35 bits per heavy atom. The van der Waals surface area contributed by atoms with E-state index in [0.29, 0.717) is 0 Å². The van der Waals surface area contributed by atoms with Crippen molar-refractivity contribution in [1.82, 2.24) is 4.98 Å². The van der Waals surface area contributed by atoms with E-state index < -0.39 is 4.92 Å². The Labute approximate surface area is 99.0 Å². The number of hydrogen-bond acceptors (Lipinski definition) is 5. The molecule has 1 aromatic heterocycles. The van der Waals surface area contributed by atoms with Gasteiger partial charge >= 0.3 is 0 Å². The van der Waals surface area contributed by atoms with Crippen molar-refractivity contribution in [3.8, 4) is 0 Å². The van der Waals surface area contributed by atoms with Gasteiger partial charge in [-0.05, 0) is 12.8 Å². The average molecular weight is 236 g/mol. The van der Waals surface area contributed by atoms with Crippen LogP contribution >= 0.6 is 0 Å². The lowest BCUT2D eigenvalue weighted by Crippen LogP contribution is -2.32. The van der Waals surface area contributed by atoms with Crippen molar-refractivity contribution in [3.63, 3.8) is 0 Å². The van der Waals surface area contributed by atoms with Crippen molar-refractivity contribution >= 4 is 11.4 Å². The minimum absolute atomic E-state index is 0.0735. The fourth-order valence-electron chi connectivity index (χ4n) is 2.22.